The van der Waals surface area contributed by atoms with Crippen molar-refractivity contribution in [1.29, 1.82) is 0 Å². The van der Waals surface area contributed by atoms with Crippen molar-refractivity contribution < 1.29 is 14.4 Å². The van der Waals surface area contributed by atoms with E-state index in [9.17, 15) is 9.90 Å². The summed E-state index contributed by atoms with van der Waals surface area (Å²) in [7, 11) is 0. The molecule has 7 nitrogen and oxygen atoms in total. The Balaban J connectivity index is 1.51. The van der Waals surface area contributed by atoms with Crippen molar-refractivity contribution in [2.24, 2.45) is 11.8 Å². The molecule has 0 saturated heterocycles. The molecule has 2 aliphatic rings. The predicted molar refractivity (Wildman–Crippen MR) is 88.4 cm³/mol. The van der Waals surface area contributed by atoms with Gasteiger partial charge in [-0.15, -0.1) is 0 Å². The average molecular weight is 336 g/mol. The van der Waals surface area contributed by atoms with Gasteiger partial charge in [-0.3, -0.25) is 0 Å². The number of rotatable bonds is 6. The first kappa shape index (κ1) is 17.2. The van der Waals surface area contributed by atoms with E-state index in [0.717, 1.165) is 44.3 Å². The van der Waals surface area contributed by atoms with Gasteiger partial charge in [0.1, 0.15) is 6.04 Å². The fourth-order valence-corrected chi connectivity index (χ4v) is 3.27. The molecule has 1 heterocycles. The summed E-state index contributed by atoms with van der Waals surface area (Å²) < 4.78 is 5.36. The molecule has 2 amide bonds. The minimum atomic E-state index is -0.290. The molecule has 3 N–H and O–H groups in total. The van der Waals surface area contributed by atoms with Gasteiger partial charge in [0.05, 0.1) is 6.10 Å². The summed E-state index contributed by atoms with van der Waals surface area (Å²) in [6.07, 6.45) is 5.73. The van der Waals surface area contributed by atoms with E-state index >= 15 is 0 Å². The lowest BCUT2D eigenvalue weighted by Gasteiger charge is -2.26. The lowest BCUT2D eigenvalue weighted by molar-refractivity contribution is 0.101. The summed E-state index contributed by atoms with van der Waals surface area (Å²) >= 11 is 0. The van der Waals surface area contributed by atoms with E-state index in [-0.39, 0.29) is 24.1 Å². The van der Waals surface area contributed by atoms with E-state index in [0.29, 0.717) is 24.3 Å². The zero-order chi connectivity index (χ0) is 17.1. The fourth-order valence-electron chi connectivity index (χ4n) is 3.27. The topological polar surface area (TPSA) is 100 Å². The molecule has 134 valence electrons. The maximum absolute atomic E-state index is 12.2. The quantitative estimate of drug-likeness (QED) is 0.741. The monoisotopic (exact) mass is 336 g/mol. The summed E-state index contributed by atoms with van der Waals surface area (Å²) in [6, 6.07) is -0.512. The molecule has 0 aromatic carbocycles. The van der Waals surface area contributed by atoms with Crippen LogP contribution in [0.2, 0.25) is 0 Å². The minimum absolute atomic E-state index is 0.153. The second kappa shape index (κ2) is 7.51. The molecule has 3 unspecified atom stereocenters. The molecular weight excluding hydrogens is 308 g/mol. The predicted octanol–water partition coefficient (Wildman–Crippen LogP) is 2.49. The van der Waals surface area contributed by atoms with Gasteiger partial charge >= 0.3 is 6.03 Å². The smallest absolute Gasteiger partial charge is 0.315 e. The van der Waals surface area contributed by atoms with E-state index in [1.165, 1.54) is 0 Å². The highest BCUT2D eigenvalue weighted by Gasteiger charge is 2.31. The molecule has 0 radical (unpaired) electrons. The first-order valence-electron chi connectivity index (χ1n) is 9.09. The van der Waals surface area contributed by atoms with Crippen LogP contribution in [0.3, 0.4) is 0 Å². The molecule has 1 aromatic rings. The zero-order valence-electron chi connectivity index (χ0n) is 14.5. The molecular formula is C17H28N4O3. The maximum Gasteiger partial charge on any atom is 0.315 e. The molecule has 3 rings (SSSR count). The number of hydrogen-bond acceptors (Lipinski definition) is 5. The molecule has 24 heavy (non-hydrogen) atoms. The van der Waals surface area contributed by atoms with Gasteiger partial charge in [-0.05, 0) is 43.9 Å². The van der Waals surface area contributed by atoms with Crippen molar-refractivity contribution in [2.75, 3.05) is 6.54 Å². The molecule has 2 aliphatic carbocycles. The third-order valence-corrected chi connectivity index (χ3v) is 4.93. The summed E-state index contributed by atoms with van der Waals surface area (Å²) in [5.74, 6) is 2.17. The molecule has 3 atom stereocenters. The summed E-state index contributed by atoms with van der Waals surface area (Å²) in [5.41, 5.74) is 0. The zero-order valence-corrected chi connectivity index (χ0v) is 14.5. The van der Waals surface area contributed by atoms with Crippen molar-refractivity contribution in [1.82, 2.24) is 20.8 Å². The highest BCUT2D eigenvalue weighted by molar-refractivity contribution is 5.74. The number of hydrogen-bond donors (Lipinski definition) is 3. The van der Waals surface area contributed by atoms with Crippen molar-refractivity contribution in [3.05, 3.63) is 11.7 Å². The largest absolute Gasteiger partial charge is 0.393 e. The summed E-state index contributed by atoms with van der Waals surface area (Å²) in [6.45, 7) is 4.62. The SMILES string of the molecule is CC(C)C(NC(=O)NCC1CCCC(O)C1)c1nc(C2CC2)no1. The summed E-state index contributed by atoms with van der Waals surface area (Å²) in [5, 5.41) is 19.6. The molecule has 0 aliphatic heterocycles. The van der Waals surface area contributed by atoms with E-state index < -0.39 is 0 Å². The second-order valence-electron chi connectivity index (χ2n) is 7.53. The van der Waals surface area contributed by atoms with Gasteiger partial charge in [-0.2, -0.15) is 4.98 Å². The minimum Gasteiger partial charge on any atom is -0.393 e. The average Bonchev–Trinajstić information content (AvgIpc) is 3.28. The van der Waals surface area contributed by atoms with E-state index in [1.54, 1.807) is 0 Å². The number of nitrogens with zero attached hydrogens (tertiary/aromatic N) is 2. The van der Waals surface area contributed by atoms with E-state index in [4.69, 9.17) is 4.52 Å². The van der Waals surface area contributed by atoms with Crippen LogP contribution in [0.5, 0.6) is 0 Å². The number of aromatic nitrogens is 2. The third-order valence-electron chi connectivity index (χ3n) is 4.93. The Morgan fingerprint density at radius 3 is 2.79 bits per heavy atom. The lowest BCUT2D eigenvalue weighted by atomic mass is 9.87. The molecule has 0 spiro atoms. The molecule has 2 saturated carbocycles. The standard InChI is InChI=1S/C17H28N4O3/c1-10(2)14(16-20-15(21-24-16)12-6-7-12)19-17(23)18-9-11-4-3-5-13(22)8-11/h10-14,22H,3-9H2,1-2H3,(H2,18,19,23). The van der Waals surface area contributed by atoms with Crippen LogP contribution in [0.1, 0.15) is 76.0 Å². The van der Waals surface area contributed by atoms with Crippen LogP contribution < -0.4 is 10.6 Å². The van der Waals surface area contributed by atoms with Crippen molar-refractivity contribution in [2.45, 2.75) is 70.4 Å². The van der Waals surface area contributed by atoms with Gasteiger partial charge in [0.15, 0.2) is 5.82 Å². The van der Waals surface area contributed by atoms with Crippen LogP contribution >= 0.6 is 0 Å². The molecule has 0 bridgehead atoms. The van der Waals surface area contributed by atoms with Crippen LogP contribution in [0, 0.1) is 11.8 Å². The highest BCUT2D eigenvalue weighted by Crippen LogP contribution is 2.38. The van der Waals surface area contributed by atoms with Crippen molar-refractivity contribution >= 4 is 6.03 Å². The number of carbonyl (C=O) groups is 1. The molecule has 2 fully saturated rings. The Morgan fingerprint density at radius 2 is 2.12 bits per heavy atom. The van der Waals surface area contributed by atoms with Gasteiger partial charge in [-0.1, -0.05) is 25.4 Å². The highest BCUT2D eigenvalue weighted by atomic mass is 16.5. The summed E-state index contributed by atoms with van der Waals surface area (Å²) in [4.78, 5) is 16.7. The van der Waals surface area contributed by atoms with Crippen LogP contribution in [0.15, 0.2) is 4.52 Å². The second-order valence-corrected chi connectivity index (χ2v) is 7.53. The van der Waals surface area contributed by atoms with E-state index in [1.807, 2.05) is 13.8 Å². The number of aliphatic hydroxyl groups excluding tert-OH is 1. The number of carbonyl (C=O) groups excluding carboxylic acids is 1. The van der Waals surface area contributed by atoms with Gasteiger partial charge < -0.3 is 20.3 Å². The van der Waals surface area contributed by atoms with Gasteiger partial charge in [0.2, 0.25) is 5.89 Å². The third kappa shape index (κ3) is 4.47. The number of urea groups is 1. The number of nitrogens with one attached hydrogen (secondary N) is 2. The van der Waals surface area contributed by atoms with Crippen LogP contribution in [-0.2, 0) is 0 Å². The normalized spacial score (nSPS) is 25.5. The Bertz CT molecular complexity index is 556. The van der Waals surface area contributed by atoms with Crippen LogP contribution in [0.4, 0.5) is 4.79 Å². The van der Waals surface area contributed by atoms with Crippen LogP contribution in [0.25, 0.3) is 0 Å². The Morgan fingerprint density at radius 1 is 1.33 bits per heavy atom. The first-order chi connectivity index (χ1) is 11.5. The maximum atomic E-state index is 12.2. The Labute approximate surface area is 142 Å². The molecule has 1 aromatic heterocycles. The van der Waals surface area contributed by atoms with Crippen molar-refractivity contribution in [3.8, 4) is 0 Å². The fraction of sp³-hybridized carbons (Fsp3) is 0.824. The Kier molecular flexibility index (Phi) is 5.38. The number of aliphatic hydroxyl groups is 1. The Hall–Kier alpha value is -1.63. The van der Waals surface area contributed by atoms with Gasteiger partial charge in [0, 0.05) is 12.5 Å². The van der Waals surface area contributed by atoms with Crippen LogP contribution in [-0.4, -0.2) is 33.9 Å². The lowest BCUT2D eigenvalue weighted by Crippen LogP contribution is -2.42. The molecule has 7 heteroatoms. The number of amides is 2. The van der Waals surface area contributed by atoms with E-state index in [2.05, 4.69) is 20.8 Å². The van der Waals surface area contributed by atoms with Gasteiger partial charge in [-0.25, -0.2) is 4.79 Å². The first-order valence-corrected chi connectivity index (χ1v) is 9.09. The van der Waals surface area contributed by atoms with Gasteiger partial charge in [0.25, 0.3) is 0 Å². The van der Waals surface area contributed by atoms with Crippen molar-refractivity contribution in [3.63, 3.8) is 0 Å².